The molecule has 0 bridgehead atoms. The van der Waals surface area contributed by atoms with Crippen LogP contribution >= 0.6 is 0 Å². The lowest BCUT2D eigenvalue weighted by Crippen LogP contribution is -1.98. The van der Waals surface area contributed by atoms with E-state index in [-0.39, 0.29) is 5.63 Å². The zero-order valence-corrected chi connectivity index (χ0v) is 13.0. The van der Waals surface area contributed by atoms with Crippen molar-refractivity contribution in [3.05, 3.63) is 64.0 Å². The van der Waals surface area contributed by atoms with Crippen molar-refractivity contribution in [2.45, 2.75) is 20.8 Å². The summed E-state index contributed by atoms with van der Waals surface area (Å²) in [7, 11) is 0. The minimum Gasteiger partial charge on any atom is -0.490 e. The maximum atomic E-state index is 11.5. The van der Waals surface area contributed by atoms with Gasteiger partial charge in [-0.1, -0.05) is 17.7 Å². The van der Waals surface area contributed by atoms with Gasteiger partial charge >= 0.3 is 5.63 Å². The van der Waals surface area contributed by atoms with Gasteiger partial charge in [-0.25, -0.2) is 4.79 Å². The van der Waals surface area contributed by atoms with Crippen molar-refractivity contribution in [3.8, 4) is 5.75 Å². The van der Waals surface area contributed by atoms with Crippen LogP contribution in [0.5, 0.6) is 5.75 Å². The Balaban J connectivity index is 2.15. The number of rotatable bonds is 3. The van der Waals surface area contributed by atoms with Gasteiger partial charge in [0, 0.05) is 11.5 Å². The molecule has 0 atom stereocenters. The predicted molar refractivity (Wildman–Crippen MR) is 89.7 cm³/mol. The number of ether oxygens (including phenoxy) is 1. The van der Waals surface area contributed by atoms with Crippen molar-refractivity contribution >= 4 is 21.7 Å². The molecule has 0 aliphatic heterocycles. The maximum absolute atomic E-state index is 11.5. The Morgan fingerprint density at radius 1 is 1.18 bits per heavy atom. The van der Waals surface area contributed by atoms with Gasteiger partial charge in [0.15, 0.2) is 0 Å². The number of hydrogen-bond donors (Lipinski definition) is 0. The highest BCUT2D eigenvalue weighted by Crippen LogP contribution is 2.30. The molecule has 2 aromatic carbocycles. The molecule has 0 saturated heterocycles. The fourth-order valence-electron chi connectivity index (χ4n) is 2.55. The van der Waals surface area contributed by atoms with Gasteiger partial charge in [0.1, 0.15) is 17.9 Å². The van der Waals surface area contributed by atoms with Crippen LogP contribution in [0.2, 0.25) is 0 Å². The van der Waals surface area contributed by atoms with Crippen molar-refractivity contribution < 1.29 is 9.15 Å². The molecule has 0 spiro atoms. The predicted octanol–water partition coefficient (Wildman–Crippen LogP) is 4.60. The lowest BCUT2D eigenvalue weighted by Gasteiger charge is -2.09. The van der Waals surface area contributed by atoms with Crippen LogP contribution in [0.15, 0.2) is 57.3 Å². The number of fused-ring (bicyclic) bond motifs is 3. The first-order valence-corrected chi connectivity index (χ1v) is 7.28. The van der Waals surface area contributed by atoms with E-state index in [1.807, 2.05) is 57.2 Å². The van der Waals surface area contributed by atoms with Gasteiger partial charge in [-0.3, -0.25) is 0 Å². The van der Waals surface area contributed by atoms with Gasteiger partial charge in [-0.15, -0.1) is 0 Å². The molecule has 0 aliphatic rings. The molecule has 1 heterocycles. The number of allylic oxidation sites excluding steroid dienone is 1. The third-order valence-electron chi connectivity index (χ3n) is 3.64. The molecule has 0 amide bonds. The minimum absolute atomic E-state index is 0.319. The van der Waals surface area contributed by atoms with Crippen LogP contribution < -0.4 is 10.4 Å². The zero-order chi connectivity index (χ0) is 15.7. The molecule has 0 saturated carbocycles. The van der Waals surface area contributed by atoms with Crippen molar-refractivity contribution in [1.29, 1.82) is 0 Å². The standard InChI is InChI=1S/C19H18O3/c1-12(2)8-9-21-15-6-4-14-5-7-17-19(16(14)11-15)13(3)10-18(20)22-17/h4-8,10-11H,9H2,1-3H3. The molecule has 3 rings (SSSR count). The van der Waals surface area contributed by atoms with Gasteiger partial charge in [0.25, 0.3) is 0 Å². The molecule has 1 aromatic heterocycles. The van der Waals surface area contributed by atoms with Crippen LogP contribution in [0.1, 0.15) is 19.4 Å². The highest BCUT2D eigenvalue weighted by atomic mass is 16.5. The highest BCUT2D eigenvalue weighted by Gasteiger charge is 2.08. The van der Waals surface area contributed by atoms with E-state index in [0.29, 0.717) is 12.2 Å². The van der Waals surface area contributed by atoms with Crippen LogP contribution in [0.4, 0.5) is 0 Å². The van der Waals surface area contributed by atoms with E-state index in [4.69, 9.17) is 9.15 Å². The average Bonchev–Trinajstić information content (AvgIpc) is 2.45. The Morgan fingerprint density at radius 2 is 1.95 bits per heavy atom. The minimum atomic E-state index is -0.319. The molecule has 3 aromatic rings. The molecule has 0 N–H and O–H groups in total. The summed E-state index contributed by atoms with van der Waals surface area (Å²) in [5.74, 6) is 0.808. The number of benzene rings is 2. The molecule has 0 unspecified atom stereocenters. The van der Waals surface area contributed by atoms with Gasteiger partial charge in [-0.2, -0.15) is 0 Å². The topological polar surface area (TPSA) is 39.4 Å². The van der Waals surface area contributed by atoms with Crippen LogP contribution in [0.25, 0.3) is 21.7 Å². The monoisotopic (exact) mass is 294 g/mol. The van der Waals surface area contributed by atoms with E-state index >= 15 is 0 Å². The SMILES string of the molecule is CC(C)=CCOc1ccc2ccc3oc(=O)cc(C)c3c2c1. The Bertz CT molecular complexity index is 928. The normalized spacial score (nSPS) is 10.9. The zero-order valence-electron chi connectivity index (χ0n) is 13.0. The summed E-state index contributed by atoms with van der Waals surface area (Å²) in [4.78, 5) is 11.5. The second-order valence-corrected chi connectivity index (χ2v) is 5.66. The summed E-state index contributed by atoms with van der Waals surface area (Å²) in [6, 6.07) is 11.3. The first kappa shape index (κ1) is 14.4. The van der Waals surface area contributed by atoms with Crippen LogP contribution in [-0.4, -0.2) is 6.61 Å². The van der Waals surface area contributed by atoms with Crippen molar-refractivity contribution in [3.63, 3.8) is 0 Å². The first-order chi connectivity index (χ1) is 10.5. The molecule has 0 aliphatic carbocycles. The third-order valence-corrected chi connectivity index (χ3v) is 3.64. The Labute approximate surface area is 128 Å². The van der Waals surface area contributed by atoms with Gasteiger partial charge < -0.3 is 9.15 Å². The Morgan fingerprint density at radius 3 is 2.73 bits per heavy atom. The number of aryl methyl sites for hydroxylation is 1. The first-order valence-electron chi connectivity index (χ1n) is 7.28. The van der Waals surface area contributed by atoms with Crippen molar-refractivity contribution in [2.24, 2.45) is 0 Å². The maximum Gasteiger partial charge on any atom is 0.336 e. The molecular formula is C19H18O3. The molecule has 22 heavy (non-hydrogen) atoms. The van der Waals surface area contributed by atoms with E-state index in [2.05, 4.69) is 0 Å². The molecule has 3 heteroatoms. The molecular weight excluding hydrogens is 276 g/mol. The van der Waals surface area contributed by atoms with Gasteiger partial charge in [0.05, 0.1) is 0 Å². The van der Waals surface area contributed by atoms with E-state index in [9.17, 15) is 4.79 Å². The van der Waals surface area contributed by atoms with Crippen LogP contribution in [-0.2, 0) is 0 Å². The summed E-state index contributed by atoms with van der Waals surface area (Å²) in [6.45, 7) is 6.56. The second-order valence-electron chi connectivity index (χ2n) is 5.66. The van der Waals surface area contributed by atoms with Crippen molar-refractivity contribution in [1.82, 2.24) is 0 Å². The Hall–Kier alpha value is -2.55. The smallest absolute Gasteiger partial charge is 0.336 e. The summed E-state index contributed by atoms with van der Waals surface area (Å²) in [5, 5.41) is 3.09. The molecule has 0 fully saturated rings. The summed E-state index contributed by atoms with van der Waals surface area (Å²) < 4.78 is 11.1. The quantitative estimate of drug-likeness (QED) is 0.402. The number of hydrogen-bond acceptors (Lipinski definition) is 3. The summed E-state index contributed by atoms with van der Waals surface area (Å²) in [5.41, 5.74) is 2.43. The van der Waals surface area contributed by atoms with E-state index < -0.39 is 0 Å². The van der Waals surface area contributed by atoms with E-state index in [0.717, 1.165) is 27.5 Å². The highest BCUT2D eigenvalue weighted by molar-refractivity contribution is 6.07. The average molecular weight is 294 g/mol. The van der Waals surface area contributed by atoms with Crippen LogP contribution in [0.3, 0.4) is 0 Å². The van der Waals surface area contributed by atoms with Crippen molar-refractivity contribution in [2.75, 3.05) is 6.61 Å². The molecule has 3 nitrogen and oxygen atoms in total. The fraction of sp³-hybridized carbons (Fsp3) is 0.211. The fourth-order valence-corrected chi connectivity index (χ4v) is 2.55. The lowest BCUT2D eigenvalue weighted by molar-refractivity contribution is 0.362. The lowest BCUT2D eigenvalue weighted by atomic mass is 10.0. The van der Waals surface area contributed by atoms with E-state index in [1.54, 1.807) is 0 Å². The van der Waals surface area contributed by atoms with Crippen LogP contribution in [0, 0.1) is 6.92 Å². The second kappa shape index (κ2) is 5.68. The molecule has 0 radical (unpaired) electrons. The Kier molecular flexibility index (Phi) is 3.72. The van der Waals surface area contributed by atoms with Gasteiger partial charge in [-0.05, 0) is 61.4 Å². The molecule has 112 valence electrons. The summed E-state index contributed by atoms with van der Waals surface area (Å²) in [6.07, 6.45) is 2.04. The van der Waals surface area contributed by atoms with E-state index in [1.165, 1.54) is 11.6 Å². The largest absolute Gasteiger partial charge is 0.490 e. The summed E-state index contributed by atoms with van der Waals surface area (Å²) >= 11 is 0. The van der Waals surface area contributed by atoms with Gasteiger partial charge in [0.2, 0.25) is 0 Å². The third kappa shape index (κ3) is 2.75.